The van der Waals surface area contributed by atoms with Crippen molar-refractivity contribution in [2.45, 2.75) is 31.8 Å². The number of carboxylic acid groups (broad SMARTS) is 1. The van der Waals surface area contributed by atoms with Crippen molar-refractivity contribution < 1.29 is 19.4 Å². The van der Waals surface area contributed by atoms with Crippen molar-refractivity contribution in [3.05, 3.63) is 65.7 Å². The van der Waals surface area contributed by atoms with Crippen LogP contribution in [0.5, 0.6) is 0 Å². The van der Waals surface area contributed by atoms with Crippen LogP contribution in [0.4, 0.5) is 10.5 Å². The van der Waals surface area contributed by atoms with Gasteiger partial charge in [0.25, 0.3) is 0 Å². The van der Waals surface area contributed by atoms with Gasteiger partial charge in [0.15, 0.2) is 0 Å². The molecule has 2 bridgehead atoms. The molecule has 5 rings (SSSR count). The zero-order valence-electron chi connectivity index (χ0n) is 17.1. The van der Waals surface area contributed by atoms with E-state index >= 15 is 0 Å². The van der Waals surface area contributed by atoms with Crippen LogP contribution in [0.25, 0.3) is 0 Å². The highest BCUT2D eigenvalue weighted by Crippen LogP contribution is 2.30. The fraction of sp³-hybridized carbons (Fsp3) is 0.417. The van der Waals surface area contributed by atoms with Crippen LogP contribution >= 0.6 is 0 Å². The summed E-state index contributed by atoms with van der Waals surface area (Å²) >= 11 is 0. The van der Waals surface area contributed by atoms with Crippen LogP contribution in [0.3, 0.4) is 0 Å². The molecule has 0 aliphatic carbocycles. The summed E-state index contributed by atoms with van der Waals surface area (Å²) < 4.78 is 5.97. The van der Waals surface area contributed by atoms with Crippen LogP contribution in [0.15, 0.2) is 54.6 Å². The lowest BCUT2D eigenvalue weighted by Gasteiger charge is -2.44. The maximum atomic E-state index is 13.1. The predicted octanol–water partition coefficient (Wildman–Crippen LogP) is 4.05. The second kappa shape index (κ2) is 9.30. The number of carbonyl (C=O) groups excluding carboxylic acids is 1. The summed E-state index contributed by atoms with van der Waals surface area (Å²) in [6, 6.07) is 16.6. The van der Waals surface area contributed by atoms with Gasteiger partial charge in [-0.3, -0.25) is 9.80 Å². The van der Waals surface area contributed by atoms with Crippen molar-refractivity contribution in [2.75, 3.05) is 31.1 Å². The largest absolute Gasteiger partial charge is 0.478 e. The molecule has 0 spiro atoms. The number of carbonyl (C=O) groups is 2. The van der Waals surface area contributed by atoms with Crippen molar-refractivity contribution in [1.29, 1.82) is 0 Å². The number of piperidine rings is 3. The molecule has 3 saturated heterocycles. The SMILES string of the molecule is O=C(O)c1ccc(CCCN(C(=O)O[C@H]2CN3CCC2CC3)c2ccccc2)cc1. The van der Waals surface area contributed by atoms with Gasteiger partial charge in [0.2, 0.25) is 0 Å². The molecule has 2 aromatic rings. The minimum Gasteiger partial charge on any atom is -0.478 e. The molecule has 3 aliphatic rings. The first-order valence-corrected chi connectivity index (χ1v) is 10.7. The van der Waals surface area contributed by atoms with Crippen LogP contribution in [0.2, 0.25) is 0 Å². The highest BCUT2D eigenvalue weighted by Gasteiger charge is 2.37. The normalized spacial score (nSPS) is 22.5. The van der Waals surface area contributed by atoms with Crippen molar-refractivity contribution in [1.82, 2.24) is 4.90 Å². The van der Waals surface area contributed by atoms with E-state index in [1.54, 1.807) is 17.0 Å². The van der Waals surface area contributed by atoms with Crippen LogP contribution < -0.4 is 4.90 Å². The molecule has 6 nitrogen and oxygen atoms in total. The first-order chi connectivity index (χ1) is 14.6. The number of hydrogen-bond donors (Lipinski definition) is 1. The van der Waals surface area contributed by atoms with Gasteiger partial charge in [0, 0.05) is 18.8 Å². The van der Waals surface area contributed by atoms with Crippen molar-refractivity contribution >= 4 is 17.7 Å². The molecule has 2 aromatic carbocycles. The number of anilines is 1. The first-order valence-electron chi connectivity index (χ1n) is 10.7. The van der Waals surface area contributed by atoms with Crippen molar-refractivity contribution in [3.63, 3.8) is 0 Å². The molecule has 30 heavy (non-hydrogen) atoms. The monoisotopic (exact) mass is 408 g/mol. The summed E-state index contributed by atoms with van der Waals surface area (Å²) in [7, 11) is 0. The second-order valence-electron chi connectivity index (χ2n) is 8.15. The summed E-state index contributed by atoms with van der Waals surface area (Å²) in [5.41, 5.74) is 2.18. The Morgan fingerprint density at radius 1 is 1.03 bits per heavy atom. The van der Waals surface area contributed by atoms with Crippen molar-refractivity contribution in [2.24, 2.45) is 5.92 Å². The lowest BCUT2D eigenvalue weighted by Crippen LogP contribution is -2.53. The first kappa shape index (κ1) is 20.4. The number of aromatic carboxylic acids is 1. The number of amides is 1. The number of hydrogen-bond acceptors (Lipinski definition) is 4. The van der Waals surface area contributed by atoms with Gasteiger partial charge in [-0.1, -0.05) is 30.3 Å². The maximum absolute atomic E-state index is 13.1. The van der Waals surface area contributed by atoms with Gasteiger partial charge in [-0.15, -0.1) is 0 Å². The Kier molecular flexibility index (Phi) is 6.33. The average Bonchev–Trinajstić information content (AvgIpc) is 2.78. The van der Waals surface area contributed by atoms with Gasteiger partial charge in [0.1, 0.15) is 6.10 Å². The Morgan fingerprint density at radius 3 is 2.33 bits per heavy atom. The molecule has 3 aliphatic heterocycles. The van der Waals surface area contributed by atoms with Crippen LogP contribution in [0.1, 0.15) is 35.2 Å². The summed E-state index contributed by atoms with van der Waals surface area (Å²) in [4.78, 5) is 28.2. The average molecular weight is 408 g/mol. The van der Waals surface area contributed by atoms with Gasteiger partial charge in [0.05, 0.1) is 5.56 Å². The number of benzene rings is 2. The molecule has 6 heteroatoms. The van der Waals surface area contributed by atoms with E-state index in [0.29, 0.717) is 12.5 Å². The van der Waals surface area contributed by atoms with E-state index in [4.69, 9.17) is 9.84 Å². The molecule has 158 valence electrons. The van der Waals surface area contributed by atoms with Crippen molar-refractivity contribution in [3.8, 4) is 0 Å². The molecular weight excluding hydrogens is 380 g/mol. The predicted molar refractivity (Wildman–Crippen MR) is 115 cm³/mol. The summed E-state index contributed by atoms with van der Waals surface area (Å²) in [6.45, 7) is 3.61. The quantitative estimate of drug-likeness (QED) is 0.748. The fourth-order valence-corrected chi connectivity index (χ4v) is 4.43. The number of nitrogens with zero attached hydrogens (tertiary/aromatic N) is 2. The number of rotatable bonds is 7. The minimum absolute atomic E-state index is 0.0187. The van der Waals surface area contributed by atoms with Crippen LogP contribution in [0, 0.1) is 5.92 Å². The Hall–Kier alpha value is -2.86. The molecule has 3 fully saturated rings. The Labute approximate surface area is 177 Å². The summed E-state index contributed by atoms with van der Waals surface area (Å²) in [5, 5.41) is 9.02. The molecule has 3 heterocycles. The van der Waals surface area contributed by atoms with Gasteiger partial charge in [-0.25, -0.2) is 9.59 Å². The number of fused-ring (bicyclic) bond motifs is 3. The third-order valence-electron chi connectivity index (χ3n) is 6.18. The van der Waals surface area contributed by atoms with E-state index in [1.165, 1.54) is 0 Å². The van der Waals surface area contributed by atoms with Gasteiger partial charge in [-0.2, -0.15) is 0 Å². The van der Waals surface area contributed by atoms with Crippen LogP contribution in [-0.2, 0) is 11.2 Å². The van der Waals surface area contributed by atoms with Crippen LogP contribution in [-0.4, -0.2) is 54.4 Å². The van der Waals surface area contributed by atoms with Gasteiger partial charge >= 0.3 is 12.1 Å². The van der Waals surface area contributed by atoms with E-state index in [2.05, 4.69) is 4.90 Å². The molecule has 1 N–H and O–H groups in total. The van der Waals surface area contributed by atoms with E-state index in [1.807, 2.05) is 42.5 Å². The highest BCUT2D eigenvalue weighted by atomic mass is 16.6. The minimum atomic E-state index is -0.924. The Bertz CT molecular complexity index is 861. The number of ether oxygens (including phenoxy) is 1. The number of carboxylic acids is 1. The van der Waals surface area contributed by atoms with Gasteiger partial charge < -0.3 is 9.84 Å². The standard InChI is InChI=1S/C24H28N2O4/c27-23(28)20-10-8-18(9-11-20)5-4-14-26(21-6-2-1-3-7-21)24(29)30-22-17-25-15-12-19(22)13-16-25/h1-3,6-11,19,22H,4-5,12-17H2,(H,27,28)/t22-/m0/s1. The zero-order chi connectivity index (χ0) is 20.9. The smallest absolute Gasteiger partial charge is 0.414 e. The molecule has 1 atom stereocenters. The topological polar surface area (TPSA) is 70.1 Å². The zero-order valence-corrected chi connectivity index (χ0v) is 17.1. The molecule has 0 saturated carbocycles. The molecular formula is C24H28N2O4. The van der Waals surface area contributed by atoms with E-state index < -0.39 is 5.97 Å². The summed E-state index contributed by atoms with van der Waals surface area (Å²) in [5.74, 6) is -0.448. The molecule has 0 aromatic heterocycles. The third kappa shape index (κ3) is 4.82. The van der Waals surface area contributed by atoms with Gasteiger partial charge in [-0.05, 0) is 74.5 Å². The number of para-hydroxylation sites is 1. The lowest BCUT2D eigenvalue weighted by molar-refractivity contribution is -0.0310. The molecule has 0 unspecified atom stereocenters. The third-order valence-corrected chi connectivity index (χ3v) is 6.18. The van der Waals surface area contributed by atoms with E-state index in [-0.39, 0.29) is 17.8 Å². The Balaban J connectivity index is 1.38. The molecule has 0 radical (unpaired) electrons. The Morgan fingerprint density at radius 2 is 1.73 bits per heavy atom. The lowest BCUT2D eigenvalue weighted by atomic mass is 9.86. The fourth-order valence-electron chi connectivity index (χ4n) is 4.43. The maximum Gasteiger partial charge on any atom is 0.414 e. The molecule has 1 amide bonds. The second-order valence-corrected chi connectivity index (χ2v) is 8.15. The van der Waals surface area contributed by atoms with E-state index in [0.717, 1.165) is 56.6 Å². The highest BCUT2D eigenvalue weighted by molar-refractivity contribution is 5.88. The number of aryl methyl sites for hydroxylation is 1. The summed E-state index contributed by atoms with van der Waals surface area (Å²) in [6.07, 6.45) is 3.44. The van der Waals surface area contributed by atoms with E-state index in [9.17, 15) is 9.59 Å².